The van der Waals surface area contributed by atoms with Crippen LogP contribution < -0.4 is 4.90 Å². The number of ether oxygens (including phenoxy) is 1. The highest BCUT2D eigenvalue weighted by molar-refractivity contribution is 6.77. The number of benzene rings is 1. The van der Waals surface area contributed by atoms with Gasteiger partial charge in [0.2, 0.25) is 0 Å². The first-order chi connectivity index (χ1) is 7.50. The van der Waals surface area contributed by atoms with Crippen LogP contribution in [0.5, 0.6) is 0 Å². The summed E-state index contributed by atoms with van der Waals surface area (Å²) in [5.74, 6) is -0.607. The van der Waals surface area contributed by atoms with Crippen molar-refractivity contribution in [3.05, 3.63) is 29.8 Å². The maximum absolute atomic E-state index is 11.8. The van der Waals surface area contributed by atoms with Gasteiger partial charge in [-0.3, -0.25) is 9.69 Å². The van der Waals surface area contributed by atoms with Gasteiger partial charge >= 0.3 is 0 Å². The predicted octanol–water partition coefficient (Wildman–Crippen LogP) is 2.88. The predicted molar refractivity (Wildman–Crippen MR) is 63.9 cm³/mol. The van der Waals surface area contributed by atoms with Crippen molar-refractivity contribution in [3.8, 4) is 0 Å². The molecule has 16 heavy (non-hydrogen) atoms. The van der Waals surface area contributed by atoms with Crippen molar-refractivity contribution in [2.45, 2.75) is 10.4 Å². The van der Waals surface area contributed by atoms with Crippen LogP contribution in [0.1, 0.15) is 5.56 Å². The van der Waals surface area contributed by atoms with Crippen molar-refractivity contribution >= 4 is 46.4 Å². The smallest absolute Gasteiger partial charge is 0.281 e. The summed E-state index contributed by atoms with van der Waals surface area (Å²) < 4.78 is 3.29. The van der Waals surface area contributed by atoms with Gasteiger partial charge in [0.1, 0.15) is 6.73 Å². The van der Waals surface area contributed by atoms with Crippen LogP contribution >= 0.6 is 34.8 Å². The Hall–Kier alpha value is -0.480. The summed E-state index contributed by atoms with van der Waals surface area (Å²) in [6, 6.07) is 7.35. The van der Waals surface area contributed by atoms with E-state index in [2.05, 4.69) is 0 Å². The molecule has 0 aromatic heterocycles. The Balaban J connectivity index is 2.36. The van der Waals surface area contributed by atoms with Gasteiger partial charge < -0.3 is 4.74 Å². The molecule has 0 atom stereocenters. The number of rotatable bonds is 0. The molecule has 1 aromatic carbocycles. The lowest BCUT2D eigenvalue weighted by Gasteiger charge is -2.31. The Kier molecular flexibility index (Phi) is 3.31. The zero-order chi connectivity index (χ0) is 11.8. The van der Waals surface area contributed by atoms with Gasteiger partial charge in [0.15, 0.2) is 0 Å². The second kappa shape index (κ2) is 4.41. The van der Waals surface area contributed by atoms with Crippen LogP contribution in [0.25, 0.3) is 0 Å². The van der Waals surface area contributed by atoms with Gasteiger partial charge in [-0.2, -0.15) is 0 Å². The third-order valence-corrected chi connectivity index (χ3v) is 2.73. The van der Waals surface area contributed by atoms with E-state index in [1.54, 1.807) is 6.07 Å². The molecule has 1 heterocycles. The minimum absolute atomic E-state index is 0.101. The molecule has 1 aliphatic heterocycles. The fraction of sp³-hybridized carbons (Fsp3) is 0.300. The number of halogens is 3. The molecule has 6 heteroatoms. The quantitative estimate of drug-likeness (QED) is 0.684. The fourth-order valence-corrected chi connectivity index (χ4v) is 1.84. The molecule has 0 unspecified atom stereocenters. The van der Waals surface area contributed by atoms with E-state index in [0.29, 0.717) is 6.61 Å². The number of hydrogen-bond acceptors (Lipinski definition) is 2. The molecule has 1 aromatic rings. The summed E-state index contributed by atoms with van der Waals surface area (Å²) in [5, 5.41) is 0. The number of fused-ring (bicyclic) bond motifs is 1. The van der Waals surface area contributed by atoms with Crippen molar-refractivity contribution < 1.29 is 9.53 Å². The number of hydrogen-bond donors (Lipinski definition) is 0. The number of carbonyl (C=O) groups is 1. The zero-order valence-electron chi connectivity index (χ0n) is 8.12. The first-order valence-corrected chi connectivity index (χ1v) is 5.68. The number of nitrogens with zero attached hydrogens (tertiary/aromatic N) is 1. The van der Waals surface area contributed by atoms with E-state index in [4.69, 9.17) is 39.5 Å². The molecule has 0 fully saturated rings. The number of carbonyl (C=O) groups excluding carboxylic acids is 1. The summed E-state index contributed by atoms with van der Waals surface area (Å²) in [7, 11) is 0. The highest BCUT2D eigenvalue weighted by atomic mass is 35.6. The van der Waals surface area contributed by atoms with Crippen molar-refractivity contribution in [3.63, 3.8) is 0 Å². The molecule has 0 N–H and O–H groups in total. The zero-order valence-corrected chi connectivity index (χ0v) is 10.4. The highest BCUT2D eigenvalue weighted by Crippen LogP contribution is 2.33. The monoisotopic (exact) mass is 279 g/mol. The molecular weight excluding hydrogens is 272 g/mol. The molecule has 86 valence electrons. The number of amides is 1. The minimum atomic E-state index is -1.96. The van der Waals surface area contributed by atoms with E-state index in [1.165, 1.54) is 4.90 Å². The van der Waals surface area contributed by atoms with Crippen LogP contribution in [0.2, 0.25) is 0 Å². The van der Waals surface area contributed by atoms with E-state index < -0.39 is 9.70 Å². The number of para-hydroxylation sites is 1. The molecule has 0 saturated carbocycles. The number of alkyl halides is 3. The van der Waals surface area contributed by atoms with Gasteiger partial charge in [0, 0.05) is 5.56 Å². The summed E-state index contributed by atoms with van der Waals surface area (Å²) in [6.45, 7) is 0.559. The third kappa shape index (κ3) is 2.28. The SMILES string of the molecule is O=C(N1COCc2ccccc21)C(Cl)(Cl)Cl. The van der Waals surface area contributed by atoms with Crippen LogP contribution in [-0.2, 0) is 16.1 Å². The van der Waals surface area contributed by atoms with Gasteiger partial charge in [-0.05, 0) is 6.07 Å². The Bertz CT molecular complexity index is 417. The summed E-state index contributed by atoms with van der Waals surface area (Å²) in [6.07, 6.45) is 0. The molecule has 1 amide bonds. The van der Waals surface area contributed by atoms with Crippen molar-refractivity contribution in [1.29, 1.82) is 0 Å². The lowest BCUT2D eigenvalue weighted by molar-refractivity contribution is -0.119. The van der Waals surface area contributed by atoms with Gasteiger partial charge in [-0.15, -0.1) is 0 Å². The van der Waals surface area contributed by atoms with Crippen LogP contribution in [0.4, 0.5) is 5.69 Å². The Labute approximate surface area is 108 Å². The van der Waals surface area contributed by atoms with Gasteiger partial charge in [0.05, 0.1) is 12.3 Å². The average molecular weight is 281 g/mol. The molecule has 0 aliphatic carbocycles. The lowest BCUT2D eigenvalue weighted by Crippen LogP contribution is -2.43. The highest BCUT2D eigenvalue weighted by Gasteiger charge is 2.37. The molecule has 0 radical (unpaired) electrons. The molecule has 0 saturated heterocycles. The second-order valence-corrected chi connectivity index (χ2v) is 5.62. The maximum Gasteiger partial charge on any atom is 0.281 e. The van der Waals surface area contributed by atoms with Crippen LogP contribution in [-0.4, -0.2) is 16.4 Å². The summed E-state index contributed by atoms with van der Waals surface area (Å²) in [5.41, 5.74) is 1.63. The first kappa shape index (κ1) is 12.0. The van der Waals surface area contributed by atoms with E-state index in [9.17, 15) is 4.79 Å². The maximum atomic E-state index is 11.8. The Morgan fingerprint density at radius 1 is 1.31 bits per heavy atom. The van der Waals surface area contributed by atoms with Crippen molar-refractivity contribution in [1.82, 2.24) is 0 Å². The standard InChI is InChI=1S/C10H8Cl3NO2/c11-10(12,13)9(15)14-6-16-5-7-3-1-2-4-8(7)14/h1-4H,5-6H2. The van der Waals surface area contributed by atoms with Gasteiger partial charge in [-0.1, -0.05) is 53.0 Å². The van der Waals surface area contributed by atoms with Crippen molar-refractivity contribution in [2.24, 2.45) is 0 Å². The van der Waals surface area contributed by atoms with Crippen LogP contribution in [0.15, 0.2) is 24.3 Å². The molecule has 1 aliphatic rings. The Morgan fingerprint density at radius 3 is 2.69 bits per heavy atom. The topological polar surface area (TPSA) is 29.5 Å². The van der Waals surface area contributed by atoms with Crippen LogP contribution in [0.3, 0.4) is 0 Å². The minimum Gasteiger partial charge on any atom is -0.356 e. The van der Waals surface area contributed by atoms with E-state index in [1.807, 2.05) is 18.2 Å². The van der Waals surface area contributed by atoms with Gasteiger partial charge in [0.25, 0.3) is 9.70 Å². The van der Waals surface area contributed by atoms with E-state index in [-0.39, 0.29) is 6.73 Å². The largest absolute Gasteiger partial charge is 0.356 e. The second-order valence-electron chi connectivity index (χ2n) is 3.34. The van der Waals surface area contributed by atoms with E-state index >= 15 is 0 Å². The fourth-order valence-electron chi connectivity index (χ4n) is 1.53. The Morgan fingerprint density at radius 2 is 2.00 bits per heavy atom. The van der Waals surface area contributed by atoms with E-state index in [0.717, 1.165) is 11.3 Å². The molecule has 3 nitrogen and oxygen atoms in total. The molecule has 0 spiro atoms. The van der Waals surface area contributed by atoms with Crippen molar-refractivity contribution in [2.75, 3.05) is 11.6 Å². The normalized spacial score (nSPS) is 15.8. The molecule has 0 bridgehead atoms. The van der Waals surface area contributed by atoms with Crippen LogP contribution in [0, 0.1) is 0 Å². The lowest BCUT2D eigenvalue weighted by atomic mass is 10.1. The van der Waals surface area contributed by atoms with Gasteiger partial charge in [-0.25, -0.2) is 0 Å². The molecular formula is C10H8Cl3NO2. The number of anilines is 1. The third-order valence-electron chi connectivity index (χ3n) is 2.25. The first-order valence-electron chi connectivity index (χ1n) is 4.54. The molecule has 2 rings (SSSR count). The summed E-state index contributed by atoms with van der Waals surface area (Å²) >= 11 is 16.7. The average Bonchev–Trinajstić information content (AvgIpc) is 2.26. The summed E-state index contributed by atoms with van der Waals surface area (Å²) in [4.78, 5) is 13.2.